The minimum atomic E-state index is -0.160. The van der Waals surface area contributed by atoms with Gasteiger partial charge in [-0.15, -0.1) is 0 Å². The molecular weight excluding hydrogens is 268 g/mol. The Bertz CT molecular complexity index is 421. The maximum Gasteiger partial charge on any atom is 0.272 e. The number of hydrogen-bond acceptors (Lipinski definition) is 2. The Labute approximate surface area is 103 Å². The average Bonchev–Trinajstić information content (AvgIpc) is 2.79. The molecular formula is C12H13BrN2O. The quantitative estimate of drug-likeness (QED) is 0.831. The number of amides is 1. The number of rotatable bonds is 2. The van der Waals surface area contributed by atoms with Crippen molar-refractivity contribution in [3.05, 3.63) is 34.3 Å². The second kappa shape index (κ2) is 5.25. The van der Waals surface area contributed by atoms with Gasteiger partial charge in [-0.2, -0.15) is 5.10 Å². The second-order valence-electron chi connectivity index (χ2n) is 3.81. The van der Waals surface area contributed by atoms with Crippen molar-refractivity contribution in [2.45, 2.75) is 25.7 Å². The summed E-state index contributed by atoms with van der Waals surface area (Å²) in [6, 6.07) is 7.33. The first-order valence-electron chi connectivity index (χ1n) is 5.37. The van der Waals surface area contributed by atoms with Gasteiger partial charge in [0.05, 0.1) is 5.56 Å². The summed E-state index contributed by atoms with van der Waals surface area (Å²) in [5.74, 6) is -0.160. The molecule has 16 heavy (non-hydrogen) atoms. The van der Waals surface area contributed by atoms with Gasteiger partial charge in [0.15, 0.2) is 0 Å². The molecule has 2 rings (SSSR count). The Balaban J connectivity index is 2.03. The number of carbonyl (C=O) groups is 1. The van der Waals surface area contributed by atoms with E-state index in [1.54, 1.807) is 6.07 Å². The van der Waals surface area contributed by atoms with Crippen molar-refractivity contribution in [3.8, 4) is 0 Å². The molecule has 1 aliphatic carbocycles. The molecule has 1 amide bonds. The molecule has 3 nitrogen and oxygen atoms in total. The van der Waals surface area contributed by atoms with Crippen LogP contribution < -0.4 is 5.43 Å². The van der Waals surface area contributed by atoms with Gasteiger partial charge >= 0.3 is 0 Å². The third-order valence-corrected chi connectivity index (χ3v) is 3.31. The molecule has 1 saturated carbocycles. The van der Waals surface area contributed by atoms with E-state index >= 15 is 0 Å². The van der Waals surface area contributed by atoms with Crippen LogP contribution >= 0.6 is 15.9 Å². The number of nitrogens with one attached hydrogen (secondary N) is 1. The first kappa shape index (κ1) is 11.3. The smallest absolute Gasteiger partial charge is 0.267 e. The molecule has 1 aromatic carbocycles. The van der Waals surface area contributed by atoms with Crippen molar-refractivity contribution in [3.63, 3.8) is 0 Å². The molecule has 0 spiro atoms. The molecule has 0 bridgehead atoms. The summed E-state index contributed by atoms with van der Waals surface area (Å²) < 4.78 is 0.791. The maximum absolute atomic E-state index is 11.8. The summed E-state index contributed by atoms with van der Waals surface area (Å²) in [7, 11) is 0. The Kier molecular flexibility index (Phi) is 3.72. The lowest BCUT2D eigenvalue weighted by Crippen LogP contribution is -2.19. The number of nitrogens with zero attached hydrogens (tertiary/aromatic N) is 1. The lowest BCUT2D eigenvalue weighted by atomic mass is 10.2. The van der Waals surface area contributed by atoms with Crippen LogP contribution in [0.4, 0.5) is 0 Å². The predicted molar refractivity (Wildman–Crippen MR) is 67.5 cm³/mol. The average molecular weight is 281 g/mol. The Morgan fingerprint density at radius 2 is 1.94 bits per heavy atom. The van der Waals surface area contributed by atoms with E-state index in [1.807, 2.05) is 18.2 Å². The summed E-state index contributed by atoms with van der Waals surface area (Å²) in [6.07, 6.45) is 4.39. The molecule has 1 aliphatic rings. The second-order valence-corrected chi connectivity index (χ2v) is 4.66. The van der Waals surface area contributed by atoms with E-state index < -0.39 is 0 Å². The van der Waals surface area contributed by atoms with Gasteiger partial charge in [0.25, 0.3) is 5.91 Å². The van der Waals surface area contributed by atoms with E-state index in [0.29, 0.717) is 5.56 Å². The van der Waals surface area contributed by atoms with E-state index in [-0.39, 0.29) is 5.91 Å². The van der Waals surface area contributed by atoms with Crippen LogP contribution in [-0.4, -0.2) is 11.6 Å². The van der Waals surface area contributed by atoms with Gasteiger partial charge in [0.2, 0.25) is 0 Å². The zero-order chi connectivity index (χ0) is 11.4. The first-order chi connectivity index (χ1) is 7.77. The van der Waals surface area contributed by atoms with E-state index in [2.05, 4.69) is 26.5 Å². The monoisotopic (exact) mass is 280 g/mol. The molecule has 1 N–H and O–H groups in total. The van der Waals surface area contributed by atoms with E-state index in [4.69, 9.17) is 0 Å². The number of carbonyl (C=O) groups excluding carboxylic acids is 1. The highest BCUT2D eigenvalue weighted by atomic mass is 79.9. The fourth-order valence-corrected chi connectivity index (χ4v) is 2.20. The van der Waals surface area contributed by atoms with Crippen molar-refractivity contribution in [1.29, 1.82) is 0 Å². The van der Waals surface area contributed by atoms with Crippen molar-refractivity contribution >= 4 is 27.5 Å². The SMILES string of the molecule is O=C(NN=C1CCCC1)c1ccccc1Br. The zero-order valence-electron chi connectivity index (χ0n) is 8.87. The molecule has 0 atom stereocenters. The fourth-order valence-electron chi connectivity index (χ4n) is 1.73. The van der Waals surface area contributed by atoms with Crippen molar-refractivity contribution < 1.29 is 4.79 Å². The maximum atomic E-state index is 11.8. The molecule has 0 aliphatic heterocycles. The van der Waals surface area contributed by atoms with Crippen LogP contribution in [0.1, 0.15) is 36.0 Å². The molecule has 0 heterocycles. The third-order valence-electron chi connectivity index (χ3n) is 2.61. The third kappa shape index (κ3) is 2.70. The minimum Gasteiger partial charge on any atom is -0.267 e. The van der Waals surface area contributed by atoms with Crippen molar-refractivity contribution in [2.24, 2.45) is 5.10 Å². The molecule has 4 heteroatoms. The number of halogens is 1. The topological polar surface area (TPSA) is 41.5 Å². The Morgan fingerprint density at radius 3 is 2.62 bits per heavy atom. The van der Waals surface area contributed by atoms with Gasteiger partial charge in [-0.25, -0.2) is 5.43 Å². The normalized spacial score (nSPS) is 14.9. The summed E-state index contributed by atoms with van der Waals surface area (Å²) in [6.45, 7) is 0. The minimum absolute atomic E-state index is 0.160. The molecule has 0 saturated heterocycles. The van der Waals surface area contributed by atoms with E-state index in [1.165, 1.54) is 12.8 Å². The van der Waals surface area contributed by atoms with Crippen LogP contribution in [0.5, 0.6) is 0 Å². The zero-order valence-corrected chi connectivity index (χ0v) is 10.5. The van der Waals surface area contributed by atoms with Gasteiger partial charge in [-0.05, 0) is 53.7 Å². The molecule has 0 unspecified atom stereocenters. The fraction of sp³-hybridized carbons (Fsp3) is 0.333. The summed E-state index contributed by atoms with van der Waals surface area (Å²) in [5, 5.41) is 4.14. The van der Waals surface area contributed by atoms with Crippen LogP contribution in [0.25, 0.3) is 0 Å². The van der Waals surface area contributed by atoms with Gasteiger partial charge in [0.1, 0.15) is 0 Å². The van der Waals surface area contributed by atoms with Crippen molar-refractivity contribution in [2.75, 3.05) is 0 Å². The predicted octanol–water partition coefficient (Wildman–Crippen LogP) is 3.11. The molecule has 0 radical (unpaired) electrons. The molecule has 1 aromatic rings. The Hall–Kier alpha value is -1.16. The highest BCUT2D eigenvalue weighted by molar-refractivity contribution is 9.10. The van der Waals surface area contributed by atoms with Crippen LogP contribution in [0, 0.1) is 0 Å². The highest BCUT2D eigenvalue weighted by Crippen LogP contribution is 2.16. The lowest BCUT2D eigenvalue weighted by molar-refractivity contribution is 0.0954. The van der Waals surface area contributed by atoms with E-state index in [0.717, 1.165) is 23.0 Å². The number of benzene rings is 1. The van der Waals surface area contributed by atoms with Gasteiger partial charge in [-0.3, -0.25) is 4.79 Å². The van der Waals surface area contributed by atoms with E-state index in [9.17, 15) is 4.79 Å². The number of hydrogen-bond donors (Lipinski definition) is 1. The van der Waals surface area contributed by atoms with Gasteiger partial charge < -0.3 is 0 Å². The lowest BCUT2D eigenvalue weighted by Gasteiger charge is -2.03. The summed E-state index contributed by atoms with van der Waals surface area (Å²) >= 11 is 3.34. The van der Waals surface area contributed by atoms with Crippen LogP contribution in [-0.2, 0) is 0 Å². The van der Waals surface area contributed by atoms with Gasteiger partial charge in [0, 0.05) is 10.2 Å². The van der Waals surface area contributed by atoms with Crippen LogP contribution in [0.2, 0.25) is 0 Å². The molecule has 0 aromatic heterocycles. The van der Waals surface area contributed by atoms with Crippen molar-refractivity contribution in [1.82, 2.24) is 5.43 Å². The van der Waals surface area contributed by atoms with Gasteiger partial charge in [-0.1, -0.05) is 12.1 Å². The molecule has 1 fully saturated rings. The first-order valence-corrected chi connectivity index (χ1v) is 6.17. The van der Waals surface area contributed by atoms with Crippen LogP contribution in [0.15, 0.2) is 33.8 Å². The Morgan fingerprint density at radius 1 is 1.25 bits per heavy atom. The summed E-state index contributed by atoms with van der Waals surface area (Å²) in [5.41, 5.74) is 4.31. The summed E-state index contributed by atoms with van der Waals surface area (Å²) in [4.78, 5) is 11.8. The standard InChI is InChI=1S/C12H13BrN2O/c13-11-8-4-3-7-10(11)12(16)15-14-9-5-1-2-6-9/h3-4,7-8H,1-2,5-6H2,(H,15,16). The largest absolute Gasteiger partial charge is 0.272 e. The molecule has 84 valence electrons. The number of hydrazone groups is 1. The highest BCUT2D eigenvalue weighted by Gasteiger charge is 2.11. The van der Waals surface area contributed by atoms with Crippen LogP contribution in [0.3, 0.4) is 0 Å².